The molecule has 20 heavy (non-hydrogen) atoms. The maximum atomic E-state index is 6.27. The summed E-state index contributed by atoms with van der Waals surface area (Å²) in [6.07, 6.45) is 6.84. The summed E-state index contributed by atoms with van der Waals surface area (Å²) in [7, 11) is 0. The maximum Gasteiger partial charge on any atom is 0.191 e. The molecule has 2 aliphatic carbocycles. The van der Waals surface area contributed by atoms with Crippen LogP contribution in [0.25, 0.3) is 0 Å². The Kier molecular flexibility index (Phi) is 3.15. The monoisotopic (exact) mass is 279 g/mol. The van der Waals surface area contributed by atoms with E-state index < -0.39 is 0 Å². The van der Waals surface area contributed by atoms with Crippen LogP contribution < -0.4 is 5.73 Å². The van der Waals surface area contributed by atoms with Crippen LogP contribution in [0.5, 0.6) is 0 Å². The van der Waals surface area contributed by atoms with Crippen LogP contribution >= 0.6 is 0 Å². The van der Waals surface area contributed by atoms with E-state index in [-0.39, 0.29) is 0 Å². The number of morpholine rings is 1. The van der Waals surface area contributed by atoms with Crippen LogP contribution in [0.2, 0.25) is 0 Å². The van der Waals surface area contributed by atoms with E-state index in [9.17, 15) is 0 Å². The number of aliphatic imine (C=N–C) groups is 1. The van der Waals surface area contributed by atoms with Gasteiger partial charge in [-0.1, -0.05) is 12.8 Å². The lowest BCUT2D eigenvalue weighted by Crippen LogP contribution is -2.62. The molecule has 1 spiro atoms. The molecule has 4 fully saturated rings. The van der Waals surface area contributed by atoms with Crippen LogP contribution in [0.1, 0.15) is 32.1 Å². The standard InChI is InChI=1S/C15H25N3O2/c16-14(18-6-9-19-10-7-18)17-12-11-3-8-20-13(11)15(12)4-1-2-5-15/h11-13H,1-10H2,(H2,16,17). The SMILES string of the molecule is NC(=NC1C2CCOC2C12CCCC2)N1CCOCC1. The molecule has 0 aromatic rings. The highest BCUT2D eigenvalue weighted by Gasteiger charge is 2.65. The third-order valence-electron chi connectivity index (χ3n) is 5.84. The second-order valence-corrected chi connectivity index (χ2v) is 6.72. The quantitative estimate of drug-likeness (QED) is 0.574. The van der Waals surface area contributed by atoms with Crippen molar-refractivity contribution in [3.8, 4) is 0 Å². The lowest BCUT2D eigenvalue weighted by molar-refractivity contribution is -0.117. The average molecular weight is 279 g/mol. The minimum atomic E-state index is 0.318. The fourth-order valence-electron chi connectivity index (χ4n) is 4.85. The summed E-state index contributed by atoms with van der Waals surface area (Å²) in [6.45, 7) is 4.20. The van der Waals surface area contributed by atoms with Gasteiger partial charge in [0.15, 0.2) is 5.96 Å². The zero-order chi connectivity index (χ0) is 13.6. The summed E-state index contributed by atoms with van der Waals surface area (Å²) in [5, 5.41) is 0. The van der Waals surface area contributed by atoms with Gasteiger partial charge in [-0.2, -0.15) is 0 Å². The van der Waals surface area contributed by atoms with Crippen molar-refractivity contribution in [2.75, 3.05) is 32.9 Å². The minimum Gasteiger partial charge on any atom is -0.378 e. The van der Waals surface area contributed by atoms with Gasteiger partial charge in [-0.15, -0.1) is 0 Å². The van der Waals surface area contributed by atoms with Gasteiger partial charge < -0.3 is 20.1 Å². The highest BCUT2D eigenvalue weighted by molar-refractivity contribution is 5.78. The molecule has 2 aliphatic heterocycles. The van der Waals surface area contributed by atoms with Crippen molar-refractivity contribution in [3.63, 3.8) is 0 Å². The normalized spacial score (nSPS) is 39.9. The van der Waals surface area contributed by atoms with E-state index in [4.69, 9.17) is 20.2 Å². The Hall–Kier alpha value is -0.810. The molecule has 112 valence electrons. The van der Waals surface area contributed by atoms with Crippen molar-refractivity contribution in [1.29, 1.82) is 0 Å². The van der Waals surface area contributed by atoms with Gasteiger partial charge in [-0.3, -0.25) is 0 Å². The number of hydrogen-bond acceptors (Lipinski definition) is 3. The van der Waals surface area contributed by atoms with Crippen molar-refractivity contribution in [1.82, 2.24) is 4.90 Å². The van der Waals surface area contributed by atoms with E-state index >= 15 is 0 Å². The third kappa shape index (κ3) is 1.79. The molecular formula is C15H25N3O2. The van der Waals surface area contributed by atoms with Crippen molar-refractivity contribution < 1.29 is 9.47 Å². The van der Waals surface area contributed by atoms with Gasteiger partial charge in [0, 0.05) is 31.0 Å². The lowest BCUT2D eigenvalue weighted by atomic mass is 9.54. The van der Waals surface area contributed by atoms with E-state index in [1.165, 1.54) is 25.7 Å². The van der Waals surface area contributed by atoms with Crippen molar-refractivity contribution in [2.24, 2.45) is 22.1 Å². The summed E-state index contributed by atoms with van der Waals surface area (Å²) in [6, 6.07) is 0.403. The second kappa shape index (κ2) is 4.88. The van der Waals surface area contributed by atoms with Gasteiger partial charge >= 0.3 is 0 Å². The summed E-state index contributed by atoms with van der Waals surface area (Å²) < 4.78 is 11.4. The Bertz CT molecular complexity index is 400. The van der Waals surface area contributed by atoms with Gasteiger partial charge in [0.25, 0.3) is 0 Å². The van der Waals surface area contributed by atoms with Gasteiger partial charge in [-0.05, 0) is 19.3 Å². The molecule has 2 saturated carbocycles. The van der Waals surface area contributed by atoms with E-state index in [0.717, 1.165) is 45.3 Å². The molecule has 0 bridgehead atoms. The first-order valence-corrected chi connectivity index (χ1v) is 8.09. The Morgan fingerprint density at radius 3 is 2.65 bits per heavy atom. The highest BCUT2D eigenvalue weighted by atomic mass is 16.5. The smallest absolute Gasteiger partial charge is 0.191 e. The summed E-state index contributed by atoms with van der Waals surface area (Å²) in [4.78, 5) is 7.14. The molecule has 2 N–H and O–H groups in total. The Labute approximate surface area is 120 Å². The molecule has 0 aromatic heterocycles. The fourth-order valence-corrected chi connectivity index (χ4v) is 4.85. The molecule has 5 nitrogen and oxygen atoms in total. The van der Waals surface area contributed by atoms with Crippen molar-refractivity contribution in [2.45, 2.75) is 44.2 Å². The number of nitrogens with two attached hydrogens (primary N) is 1. The zero-order valence-electron chi connectivity index (χ0n) is 12.1. The predicted molar refractivity (Wildman–Crippen MR) is 76.6 cm³/mol. The average Bonchev–Trinajstić information content (AvgIpc) is 3.13. The molecule has 5 heteroatoms. The fraction of sp³-hybridized carbons (Fsp3) is 0.933. The Balaban J connectivity index is 1.54. The first kappa shape index (κ1) is 12.9. The van der Waals surface area contributed by atoms with E-state index in [1.54, 1.807) is 0 Å². The maximum absolute atomic E-state index is 6.27. The number of nitrogens with zero attached hydrogens (tertiary/aromatic N) is 2. The van der Waals surface area contributed by atoms with Crippen LogP contribution in [0.15, 0.2) is 4.99 Å². The third-order valence-corrected chi connectivity index (χ3v) is 5.84. The predicted octanol–water partition coefficient (Wildman–Crippen LogP) is 0.981. The highest BCUT2D eigenvalue weighted by Crippen LogP contribution is 2.62. The summed E-state index contributed by atoms with van der Waals surface area (Å²) in [5.74, 6) is 1.35. The van der Waals surface area contributed by atoms with Crippen molar-refractivity contribution in [3.05, 3.63) is 0 Å². The van der Waals surface area contributed by atoms with Crippen LogP contribution in [0.3, 0.4) is 0 Å². The minimum absolute atomic E-state index is 0.318. The molecule has 4 aliphatic rings. The van der Waals surface area contributed by atoms with Gasteiger partial charge in [0.05, 0.1) is 25.4 Å². The molecule has 0 radical (unpaired) electrons. The van der Waals surface area contributed by atoms with Crippen LogP contribution in [0, 0.1) is 11.3 Å². The van der Waals surface area contributed by atoms with E-state index in [0.29, 0.717) is 23.5 Å². The number of rotatable bonds is 1. The molecule has 2 heterocycles. The topological polar surface area (TPSA) is 60.1 Å². The molecule has 3 unspecified atom stereocenters. The Morgan fingerprint density at radius 1 is 1.15 bits per heavy atom. The molecule has 4 rings (SSSR count). The van der Waals surface area contributed by atoms with E-state index in [2.05, 4.69) is 4.90 Å². The molecule has 2 saturated heterocycles. The first-order chi connectivity index (χ1) is 9.81. The van der Waals surface area contributed by atoms with E-state index in [1.807, 2.05) is 0 Å². The Morgan fingerprint density at radius 2 is 1.90 bits per heavy atom. The second-order valence-electron chi connectivity index (χ2n) is 6.72. The number of hydrogen-bond donors (Lipinski definition) is 1. The van der Waals surface area contributed by atoms with Gasteiger partial charge in [-0.25, -0.2) is 4.99 Å². The number of guanidine groups is 1. The van der Waals surface area contributed by atoms with Crippen LogP contribution in [-0.2, 0) is 9.47 Å². The van der Waals surface area contributed by atoms with Crippen LogP contribution in [-0.4, -0.2) is 55.9 Å². The summed E-state index contributed by atoms with van der Waals surface area (Å²) in [5.41, 5.74) is 6.59. The summed E-state index contributed by atoms with van der Waals surface area (Å²) >= 11 is 0. The zero-order valence-corrected chi connectivity index (χ0v) is 12.1. The molecular weight excluding hydrogens is 254 g/mol. The van der Waals surface area contributed by atoms with Gasteiger partial charge in [0.1, 0.15) is 0 Å². The molecule has 0 aromatic carbocycles. The molecule has 3 atom stereocenters. The largest absolute Gasteiger partial charge is 0.378 e. The van der Waals surface area contributed by atoms with Crippen molar-refractivity contribution >= 4 is 5.96 Å². The first-order valence-electron chi connectivity index (χ1n) is 8.09. The van der Waals surface area contributed by atoms with Crippen LogP contribution in [0.4, 0.5) is 0 Å². The number of ether oxygens (including phenoxy) is 2. The molecule has 0 amide bonds. The lowest BCUT2D eigenvalue weighted by Gasteiger charge is -2.55. The number of fused-ring (bicyclic) bond motifs is 2. The van der Waals surface area contributed by atoms with Gasteiger partial charge in [0.2, 0.25) is 0 Å².